The highest BCUT2D eigenvalue weighted by molar-refractivity contribution is 6.31. The standard InChI is InChI=1S/C16H17ClFNO/c1-11(12-4-3-5-15(9-12)20-2)19-10-13-8-14(18)6-7-16(13)17/h3-9,11,19H,10H2,1-2H3/t11-/m0/s1. The topological polar surface area (TPSA) is 21.3 Å². The Kier molecular flexibility index (Phi) is 4.99. The van der Waals surface area contributed by atoms with Gasteiger partial charge in [0.2, 0.25) is 0 Å². The molecule has 106 valence electrons. The molecule has 0 aliphatic carbocycles. The van der Waals surface area contributed by atoms with E-state index >= 15 is 0 Å². The Labute approximate surface area is 123 Å². The maximum Gasteiger partial charge on any atom is 0.123 e. The first kappa shape index (κ1) is 14.8. The lowest BCUT2D eigenvalue weighted by molar-refractivity contribution is 0.413. The number of ether oxygens (including phenoxy) is 1. The molecule has 2 aromatic rings. The molecule has 0 saturated heterocycles. The van der Waals surface area contributed by atoms with Gasteiger partial charge in [-0.05, 0) is 48.4 Å². The van der Waals surface area contributed by atoms with E-state index in [1.165, 1.54) is 12.1 Å². The zero-order valence-electron chi connectivity index (χ0n) is 11.5. The molecule has 1 N–H and O–H groups in total. The minimum absolute atomic E-state index is 0.115. The van der Waals surface area contributed by atoms with Crippen LogP contribution in [0, 0.1) is 5.82 Å². The fraction of sp³-hybridized carbons (Fsp3) is 0.250. The van der Waals surface area contributed by atoms with Crippen LogP contribution in [0.15, 0.2) is 42.5 Å². The quantitative estimate of drug-likeness (QED) is 0.885. The first-order chi connectivity index (χ1) is 9.60. The van der Waals surface area contributed by atoms with Crippen molar-refractivity contribution in [3.05, 3.63) is 64.4 Å². The molecule has 0 spiro atoms. The van der Waals surface area contributed by atoms with Crippen LogP contribution in [0.4, 0.5) is 4.39 Å². The molecular formula is C16H17ClFNO. The van der Waals surface area contributed by atoms with Gasteiger partial charge in [0.25, 0.3) is 0 Å². The predicted octanol–water partition coefficient (Wildman–Crippen LogP) is 4.34. The number of methoxy groups -OCH3 is 1. The number of benzene rings is 2. The van der Waals surface area contributed by atoms with Crippen molar-refractivity contribution in [3.63, 3.8) is 0 Å². The lowest BCUT2D eigenvalue weighted by atomic mass is 10.1. The maximum atomic E-state index is 13.2. The highest BCUT2D eigenvalue weighted by atomic mass is 35.5. The fourth-order valence-corrected chi connectivity index (χ4v) is 2.15. The van der Waals surface area contributed by atoms with Gasteiger partial charge in [0, 0.05) is 17.6 Å². The van der Waals surface area contributed by atoms with Gasteiger partial charge in [-0.25, -0.2) is 4.39 Å². The van der Waals surface area contributed by atoms with E-state index in [9.17, 15) is 4.39 Å². The highest BCUT2D eigenvalue weighted by Crippen LogP contribution is 2.21. The molecule has 0 unspecified atom stereocenters. The minimum atomic E-state index is -0.278. The van der Waals surface area contributed by atoms with Crippen LogP contribution in [0.25, 0.3) is 0 Å². The van der Waals surface area contributed by atoms with Crippen LogP contribution in [0.1, 0.15) is 24.1 Å². The van der Waals surface area contributed by atoms with Crippen molar-refractivity contribution in [1.29, 1.82) is 0 Å². The first-order valence-corrected chi connectivity index (χ1v) is 6.79. The normalized spacial score (nSPS) is 12.2. The van der Waals surface area contributed by atoms with Gasteiger partial charge in [0.05, 0.1) is 7.11 Å². The van der Waals surface area contributed by atoms with Crippen molar-refractivity contribution in [3.8, 4) is 5.75 Å². The number of hydrogen-bond donors (Lipinski definition) is 1. The molecule has 0 heterocycles. The fourth-order valence-electron chi connectivity index (χ4n) is 1.97. The second kappa shape index (κ2) is 6.73. The highest BCUT2D eigenvalue weighted by Gasteiger charge is 2.08. The second-order valence-electron chi connectivity index (χ2n) is 4.61. The summed E-state index contributed by atoms with van der Waals surface area (Å²) in [7, 11) is 1.64. The number of rotatable bonds is 5. The Morgan fingerprint density at radius 1 is 1.25 bits per heavy atom. The SMILES string of the molecule is COc1cccc([C@H](C)NCc2cc(F)ccc2Cl)c1. The number of halogens is 2. The van der Waals surface area contributed by atoms with Crippen LogP contribution >= 0.6 is 11.6 Å². The summed E-state index contributed by atoms with van der Waals surface area (Å²) in [6.07, 6.45) is 0. The number of hydrogen-bond acceptors (Lipinski definition) is 2. The molecule has 2 aromatic carbocycles. The largest absolute Gasteiger partial charge is 0.497 e. The average molecular weight is 294 g/mol. The van der Waals surface area contributed by atoms with Gasteiger partial charge in [-0.3, -0.25) is 0 Å². The van der Waals surface area contributed by atoms with E-state index in [0.29, 0.717) is 11.6 Å². The number of nitrogens with one attached hydrogen (secondary N) is 1. The van der Waals surface area contributed by atoms with Crippen molar-refractivity contribution in [2.75, 3.05) is 7.11 Å². The molecule has 0 aromatic heterocycles. The molecule has 0 aliphatic rings. The van der Waals surface area contributed by atoms with Gasteiger partial charge in [-0.15, -0.1) is 0 Å². The summed E-state index contributed by atoms with van der Waals surface area (Å²) in [6, 6.07) is 12.3. The third-order valence-electron chi connectivity index (χ3n) is 3.20. The van der Waals surface area contributed by atoms with Crippen LogP contribution in [-0.2, 0) is 6.54 Å². The summed E-state index contributed by atoms with van der Waals surface area (Å²) < 4.78 is 18.4. The summed E-state index contributed by atoms with van der Waals surface area (Å²) >= 11 is 6.05. The summed E-state index contributed by atoms with van der Waals surface area (Å²) in [5.74, 6) is 0.542. The Morgan fingerprint density at radius 2 is 2.05 bits per heavy atom. The molecule has 0 fully saturated rings. The summed E-state index contributed by atoms with van der Waals surface area (Å²) in [5, 5.41) is 3.89. The van der Waals surface area contributed by atoms with Crippen LogP contribution in [0.2, 0.25) is 5.02 Å². The van der Waals surface area contributed by atoms with Gasteiger partial charge >= 0.3 is 0 Å². The monoisotopic (exact) mass is 293 g/mol. The van der Waals surface area contributed by atoms with E-state index in [-0.39, 0.29) is 11.9 Å². The van der Waals surface area contributed by atoms with E-state index in [1.54, 1.807) is 13.2 Å². The average Bonchev–Trinajstić information content (AvgIpc) is 2.48. The van der Waals surface area contributed by atoms with Gasteiger partial charge in [0.1, 0.15) is 11.6 Å². The van der Waals surface area contributed by atoms with Crippen LogP contribution in [-0.4, -0.2) is 7.11 Å². The van der Waals surface area contributed by atoms with E-state index in [2.05, 4.69) is 5.32 Å². The molecule has 0 amide bonds. The van der Waals surface area contributed by atoms with Crippen LogP contribution in [0.3, 0.4) is 0 Å². The minimum Gasteiger partial charge on any atom is -0.497 e. The third-order valence-corrected chi connectivity index (χ3v) is 3.57. The predicted molar refractivity (Wildman–Crippen MR) is 79.7 cm³/mol. The van der Waals surface area contributed by atoms with Crippen LogP contribution < -0.4 is 10.1 Å². The van der Waals surface area contributed by atoms with Gasteiger partial charge in [-0.1, -0.05) is 23.7 Å². The Morgan fingerprint density at radius 3 is 2.80 bits per heavy atom. The van der Waals surface area contributed by atoms with Crippen molar-refractivity contribution in [1.82, 2.24) is 5.32 Å². The summed E-state index contributed by atoms with van der Waals surface area (Å²) in [4.78, 5) is 0. The second-order valence-corrected chi connectivity index (χ2v) is 5.02. The van der Waals surface area contributed by atoms with Crippen molar-refractivity contribution in [2.45, 2.75) is 19.5 Å². The van der Waals surface area contributed by atoms with E-state index in [1.807, 2.05) is 31.2 Å². The zero-order valence-corrected chi connectivity index (χ0v) is 12.2. The van der Waals surface area contributed by atoms with E-state index in [4.69, 9.17) is 16.3 Å². The Balaban J connectivity index is 2.04. The van der Waals surface area contributed by atoms with Crippen LogP contribution in [0.5, 0.6) is 5.75 Å². The summed E-state index contributed by atoms with van der Waals surface area (Å²) in [5.41, 5.74) is 1.86. The lowest BCUT2D eigenvalue weighted by Gasteiger charge is -2.15. The molecule has 0 bridgehead atoms. The zero-order chi connectivity index (χ0) is 14.5. The van der Waals surface area contributed by atoms with E-state index < -0.39 is 0 Å². The molecule has 20 heavy (non-hydrogen) atoms. The maximum absolute atomic E-state index is 13.2. The molecule has 4 heteroatoms. The van der Waals surface area contributed by atoms with Gasteiger partial charge in [0.15, 0.2) is 0 Å². The third kappa shape index (κ3) is 3.71. The molecular weight excluding hydrogens is 277 g/mol. The molecule has 0 radical (unpaired) electrons. The van der Waals surface area contributed by atoms with Crippen molar-refractivity contribution < 1.29 is 9.13 Å². The smallest absolute Gasteiger partial charge is 0.123 e. The Bertz CT molecular complexity index is 588. The van der Waals surface area contributed by atoms with Crippen molar-refractivity contribution in [2.24, 2.45) is 0 Å². The van der Waals surface area contributed by atoms with E-state index in [0.717, 1.165) is 16.9 Å². The molecule has 2 rings (SSSR count). The van der Waals surface area contributed by atoms with Gasteiger partial charge in [-0.2, -0.15) is 0 Å². The molecule has 0 saturated carbocycles. The van der Waals surface area contributed by atoms with Crippen molar-refractivity contribution >= 4 is 11.6 Å². The molecule has 2 nitrogen and oxygen atoms in total. The molecule has 1 atom stereocenters. The Hall–Kier alpha value is -1.58. The first-order valence-electron chi connectivity index (χ1n) is 6.41. The molecule has 0 aliphatic heterocycles. The summed E-state index contributed by atoms with van der Waals surface area (Å²) in [6.45, 7) is 2.55. The lowest BCUT2D eigenvalue weighted by Crippen LogP contribution is -2.18. The van der Waals surface area contributed by atoms with Gasteiger partial charge < -0.3 is 10.1 Å².